The van der Waals surface area contributed by atoms with Crippen molar-refractivity contribution in [3.05, 3.63) is 71.8 Å². The summed E-state index contributed by atoms with van der Waals surface area (Å²) in [6.07, 6.45) is 0. The molecule has 0 radical (unpaired) electrons. The van der Waals surface area contributed by atoms with Crippen molar-refractivity contribution < 1.29 is 19.4 Å². The standard InChI is InChI=1S/C21H16N2O4/c1-22-20(24)14-9-15(21(25)26)19-18(11-14)27-17-8-7-13(10-16(17)23-19)12-5-3-2-4-6-12/h2-11,23H,1H3,(H,22,24)(H,25,26). The van der Waals surface area contributed by atoms with E-state index in [0.717, 1.165) is 11.1 Å². The molecular formula is C21H16N2O4. The maximum atomic E-state index is 11.9. The van der Waals surface area contributed by atoms with Gasteiger partial charge in [-0.1, -0.05) is 36.4 Å². The SMILES string of the molecule is CNC(=O)c1cc2c(c(C(=O)O)c1)Nc1cc(-c3ccccc3)ccc1O2. The van der Waals surface area contributed by atoms with Gasteiger partial charge in [0, 0.05) is 12.6 Å². The molecule has 3 aromatic carbocycles. The van der Waals surface area contributed by atoms with E-state index in [1.165, 1.54) is 19.2 Å². The third-order valence-corrected chi connectivity index (χ3v) is 4.39. The fourth-order valence-corrected chi connectivity index (χ4v) is 3.05. The Labute approximate surface area is 155 Å². The number of carboxylic acids is 1. The molecule has 1 aliphatic rings. The van der Waals surface area contributed by atoms with E-state index in [9.17, 15) is 14.7 Å². The Morgan fingerprint density at radius 2 is 1.74 bits per heavy atom. The zero-order valence-corrected chi connectivity index (χ0v) is 14.4. The van der Waals surface area contributed by atoms with E-state index in [1.54, 1.807) is 0 Å². The number of carbonyl (C=O) groups excluding carboxylic acids is 1. The highest BCUT2D eigenvalue weighted by atomic mass is 16.5. The lowest BCUT2D eigenvalue weighted by Gasteiger charge is -2.24. The normalized spacial score (nSPS) is 11.4. The quantitative estimate of drug-likeness (QED) is 0.508. The molecule has 0 saturated heterocycles. The lowest BCUT2D eigenvalue weighted by atomic mass is 10.0. The smallest absolute Gasteiger partial charge is 0.337 e. The number of benzene rings is 3. The first-order valence-corrected chi connectivity index (χ1v) is 8.34. The molecule has 0 spiro atoms. The first-order valence-electron chi connectivity index (χ1n) is 8.34. The summed E-state index contributed by atoms with van der Waals surface area (Å²) < 4.78 is 5.89. The minimum absolute atomic E-state index is 0.0261. The molecule has 3 N–H and O–H groups in total. The van der Waals surface area contributed by atoms with Gasteiger partial charge in [0.2, 0.25) is 0 Å². The first-order chi connectivity index (χ1) is 13.1. The van der Waals surface area contributed by atoms with Gasteiger partial charge < -0.3 is 20.5 Å². The van der Waals surface area contributed by atoms with Crippen LogP contribution in [0.25, 0.3) is 11.1 Å². The topological polar surface area (TPSA) is 87.7 Å². The fourth-order valence-electron chi connectivity index (χ4n) is 3.05. The molecule has 0 aromatic heterocycles. The molecule has 0 unspecified atom stereocenters. The number of ether oxygens (including phenoxy) is 1. The molecule has 4 rings (SSSR count). The second-order valence-electron chi connectivity index (χ2n) is 6.09. The second kappa shape index (κ2) is 6.49. The van der Waals surface area contributed by atoms with Crippen molar-refractivity contribution >= 4 is 23.3 Å². The van der Waals surface area contributed by atoms with E-state index in [-0.39, 0.29) is 17.0 Å². The first kappa shape index (κ1) is 16.7. The van der Waals surface area contributed by atoms with Crippen molar-refractivity contribution in [1.82, 2.24) is 5.32 Å². The van der Waals surface area contributed by atoms with Gasteiger partial charge in [-0.05, 0) is 35.4 Å². The highest BCUT2D eigenvalue weighted by Gasteiger charge is 2.25. The number of anilines is 2. The number of aromatic carboxylic acids is 1. The van der Waals surface area contributed by atoms with Crippen molar-refractivity contribution in [1.29, 1.82) is 0 Å². The molecular weight excluding hydrogens is 344 g/mol. The summed E-state index contributed by atoms with van der Waals surface area (Å²) in [4.78, 5) is 23.7. The molecule has 0 aliphatic carbocycles. The van der Waals surface area contributed by atoms with Gasteiger partial charge in [0.25, 0.3) is 5.91 Å². The lowest BCUT2D eigenvalue weighted by Crippen LogP contribution is -2.19. The van der Waals surface area contributed by atoms with Gasteiger partial charge in [0.1, 0.15) is 0 Å². The highest BCUT2D eigenvalue weighted by Crippen LogP contribution is 2.45. The van der Waals surface area contributed by atoms with Gasteiger partial charge in [-0.2, -0.15) is 0 Å². The van der Waals surface area contributed by atoms with Crippen LogP contribution in [0, 0.1) is 0 Å². The number of hydrogen-bond donors (Lipinski definition) is 3. The molecule has 0 bridgehead atoms. The maximum absolute atomic E-state index is 11.9. The maximum Gasteiger partial charge on any atom is 0.337 e. The molecule has 1 aliphatic heterocycles. The average Bonchev–Trinajstić information content (AvgIpc) is 2.70. The van der Waals surface area contributed by atoms with Crippen LogP contribution in [0.3, 0.4) is 0 Å². The van der Waals surface area contributed by atoms with Crippen LogP contribution in [-0.4, -0.2) is 24.0 Å². The minimum Gasteiger partial charge on any atom is -0.478 e. The monoisotopic (exact) mass is 360 g/mol. The summed E-state index contributed by atoms with van der Waals surface area (Å²) in [5.74, 6) is -0.661. The van der Waals surface area contributed by atoms with Gasteiger partial charge in [0.05, 0.1) is 16.9 Å². The van der Waals surface area contributed by atoms with E-state index in [0.29, 0.717) is 22.9 Å². The summed E-state index contributed by atoms with van der Waals surface area (Å²) in [7, 11) is 1.49. The second-order valence-corrected chi connectivity index (χ2v) is 6.09. The van der Waals surface area contributed by atoms with Gasteiger partial charge in [-0.15, -0.1) is 0 Å². The molecule has 1 heterocycles. The van der Waals surface area contributed by atoms with E-state index in [2.05, 4.69) is 10.6 Å². The van der Waals surface area contributed by atoms with Crippen molar-refractivity contribution in [2.75, 3.05) is 12.4 Å². The third-order valence-electron chi connectivity index (χ3n) is 4.39. The van der Waals surface area contributed by atoms with E-state index in [1.807, 2.05) is 48.5 Å². The molecule has 3 aromatic rings. The van der Waals surface area contributed by atoms with E-state index < -0.39 is 5.97 Å². The minimum atomic E-state index is -1.14. The van der Waals surface area contributed by atoms with E-state index >= 15 is 0 Å². The highest BCUT2D eigenvalue weighted by molar-refractivity contribution is 6.03. The third kappa shape index (κ3) is 2.97. The molecule has 1 amide bonds. The van der Waals surface area contributed by atoms with Crippen LogP contribution in [0.1, 0.15) is 20.7 Å². The number of carboxylic acid groups (broad SMARTS) is 1. The summed E-state index contributed by atoms with van der Waals surface area (Å²) in [5, 5.41) is 15.2. The number of nitrogens with one attached hydrogen (secondary N) is 2. The Morgan fingerprint density at radius 3 is 2.44 bits per heavy atom. The molecule has 6 nitrogen and oxygen atoms in total. The van der Waals surface area contributed by atoms with Crippen LogP contribution in [-0.2, 0) is 0 Å². The summed E-state index contributed by atoms with van der Waals surface area (Å²) in [6, 6.07) is 18.4. The van der Waals surface area contributed by atoms with Crippen LogP contribution in [0.5, 0.6) is 11.5 Å². The largest absolute Gasteiger partial charge is 0.478 e. The van der Waals surface area contributed by atoms with E-state index in [4.69, 9.17) is 4.74 Å². The van der Waals surface area contributed by atoms with Gasteiger partial charge in [-0.25, -0.2) is 4.79 Å². The zero-order chi connectivity index (χ0) is 19.0. The van der Waals surface area contributed by atoms with Crippen molar-refractivity contribution in [3.8, 4) is 22.6 Å². The summed E-state index contributed by atoms with van der Waals surface area (Å²) in [6.45, 7) is 0. The van der Waals surface area contributed by atoms with Crippen LogP contribution < -0.4 is 15.4 Å². The molecule has 0 fully saturated rings. The lowest BCUT2D eigenvalue weighted by molar-refractivity contribution is 0.0697. The van der Waals surface area contributed by atoms with Crippen molar-refractivity contribution in [2.45, 2.75) is 0 Å². The Hall–Kier alpha value is -3.80. The Kier molecular flexibility index (Phi) is 4.01. The average molecular weight is 360 g/mol. The number of carbonyl (C=O) groups is 2. The van der Waals surface area contributed by atoms with Crippen LogP contribution >= 0.6 is 0 Å². The van der Waals surface area contributed by atoms with Crippen LogP contribution in [0.15, 0.2) is 60.7 Å². The molecule has 27 heavy (non-hydrogen) atoms. The van der Waals surface area contributed by atoms with Gasteiger partial charge in [0.15, 0.2) is 11.5 Å². The number of hydrogen-bond acceptors (Lipinski definition) is 4. The Balaban J connectivity index is 1.79. The summed E-state index contributed by atoms with van der Waals surface area (Å²) in [5.41, 5.74) is 3.21. The molecule has 0 atom stereocenters. The molecule has 134 valence electrons. The van der Waals surface area contributed by atoms with Gasteiger partial charge >= 0.3 is 5.97 Å². The predicted octanol–water partition coefficient (Wildman–Crippen LogP) is 4.26. The number of amides is 1. The number of fused-ring (bicyclic) bond motifs is 2. The zero-order valence-electron chi connectivity index (χ0n) is 14.4. The Morgan fingerprint density at radius 1 is 0.963 bits per heavy atom. The molecule has 0 saturated carbocycles. The van der Waals surface area contributed by atoms with Gasteiger partial charge in [-0.3, -0.25) is 4.79 Å². The van der Waals surface area contributed by atoms with Crippen molar-refractivity contribution in [3.63, 3.8) is 0 Å². The fraction of sp³-hybridized carbons (Fsp3) is 0.0476. The van der Waals surface area contributed by atoms with Crippen LogP contribution in [0.2, 0.25) is 0 Å². The predicted molar refractivity (Wildman–Crippen MR) is 102 cm³/mol. The van der Waals surface area contributed by atoms with Crippen molar-refractivity contribution in [2.24, 2.45) is 0 Å². The Bertz CT molecular complexity index is 1060. The van der Waals surface area contributed by atoms with Crippen LogP contribution in [0.4, 0.5) is 11.4 Å². The summed E-state index contributed by atoms with van der Waals surface area (Å²) >= 11 is 0. The molecule has 6 heteroatoms. The number of rotatable bonds is 3.